The Morgan fingerprint density at radius 3 is 2.60 bits per heavy atom. The lowest BCUT2D eigenvalue weighted by Gasteiger charge is -2.11. The molecule has 0 unspecified atom stereocenters. The molecule has 120 valence electrons. The van der Waals surface area contributed by atoms with Crippen molar-refractivity contribution in [2.45, 2.75) is 12.8 Å². The highest BCUT2D eigenvalue weighted by atomic mass is 15.5. The normalized spacial score (nSPS) is 12.0. The predicted octanol–water partition coefficient (Wildman–Crippen LogP) is 3.82. The monoisotopic (exact) mass is 324 g/mol. The average Bonchev–Trinajstić information content (AvgIpc) is 3.30. The van der Waals surface area contributed by atoms with E-state index in [4.69, 9.17) is 0 Å². The van der Waals surface area contributed by atoms with E-state index in [1.165, 1.54) is 33.4 Å². The fourth-order valence-corrected chi connectivity index (χ4v) is 3.78. The highest BCUT2D eigenvalue weighted by Crippen LogP contribution is 2.41. The van der Waals surface area contributed by atoms with E-state index in [2.05, 4.69) is 82.3 Å². The summed E-state index contributed by atoms with van der Waals surface area (Å²) in [5.74, 6) is 0. The van der Waals surface area contributed by atoms with Gasteiger partial charge in [-0.25, -0.2) is 4.68 Å². The number of fused-ring (bicyclic) bond motifs is 3. The van der Waals surface area contributed by atoms with Crippen molar-refractivity contribution in [1.29, 1.82) is 0 Å². The summed E-state index contributed by atoms with van der Waals surface area (Å²) in [4.78, 5) is 0. The minimum atomic E-state index is 0.920. The van der Waals surface area contributed by atoms with E-state index in [1.54, 1.807) is 11.0 Å². The summed E-state index contributed by atoms with van der Waals surface area (Å²) >= 11 is 0. The summed E-state index contributed by atoms with van der Waals surface area (Å²) in [6, 6.07) is 23.7. The van der Waals surface area contributed by atoms with E-state index < -0.39 is 0 Å². The van der Waals surface area contributed by atoms with Gasteiger partial charge in [-0.2, -0.15) is 0 Å². The molecule has 0 N–H and O–H groups in total. The molecule has 0 fully saturated rings. The molecule has 3 aromatic carbocycles. The second-order valence-corrected chi connectivity index (χ2v) is 6.35. The number of nitrogens with zero attached hydrogens (tertiary/aromatic N) is 4. The van der Waals surface area contributed by atoms with Gasteiger partial charge in [0.1, 0.15) is 6.33 Å². The molecule has 25 heavy (non-hydrogen) atoms. The molecule has 5 rings (SSSR count). The van der Waals surface area contributed by atoms with Gasteiger partial charge in [-0.05, 0) is 56.3 Å². The van der Waals surface area contributed by atoms with Crippen molar-refractivity contribution in [3.63, 3.8) is 0 Å². The number of benzene rings is 3. The van der Waals surface area contributed by atoms with Crippen LogP contribution in [0.3, 0.4) is 0 Å². The quantitative estimate of drug-likeness (QED) is 0.507. The van der Waals surface area contributed by atoms with E-state index in [9.17, 15) is 0 Å². The zero-order valence-corrected chi connectivity index (χ0v) is 13.6. The van der Waals surface area contributed by atoms with Crippen LogP contribution in [0.4, 0.5) is 0 Å². The fraction of sp³-hybridized carbons (Fsp3) is 0.0952. The first-order valence-electron chi connectivity index (χ1n) is 8.40. The molecule has 0 radical (unpaired) electrons. The third kappa shape index (κ3) is 2.34. The van der Waals surface area contributed by atoms with Gasteiger partial charge in [0.2, 0.25) is 0 Å². The highest BCUT2D eigenvalue weighted by Gasteiger charge is 2.24. The molecule has 1 aliphatic carbocycles. The summed E-state index contributed by atoms with van der Waals surface area (Å²) < 4.78 is 1.75. The summed E-state index contributed by atoms with van der Waals surface area (Å²) in [6.07, 6.45) is 3.52. The SMILES string of the molecule is c1ccc(Cc2cccc3c2-c2cccc(-n4cnnn4)c2C3)cc1. The van der Waals surface area contributed by atoms with Crippen molar-refractivity contribution in [3.8, 4) is 16.8 Å². The van der Waals surface area contributed by atoms with Crippen molar-refractivity contribution < 1.29 is 0 Å². The molecule has 4 nitrogen and oxygen atoms in total. The zero-order valence-electron chi connectivity index (χ0n) is 13.6. The van der Waals surface area contributed by atoms with Crippen LogP contribution in [0.15, 0.2) is 73.1 Å². The third-order valence-electron chi connectivity index (χ3n) is 4.86. The second kappa shape index (κ2) is 5.67. The lowest BCUT2D eigenvalue weighted by Crippen LogP contribution is -1.99. The summed E-state index contributed by atoms with van der Waals surface area (Å²) in [5.41, 5.74) is 9.11. The van der Waals surface area contributed by atoms with Gasteiger partial charge in [-0.15, -0.1) is 5.10 Å². The van der Waals surface area contributed by atoms with Crippen LogP contribution in [-0.2, 0) is 12.8 Å². The zero-order chi connectivity index (χ0) is 16.6. The third-order valence-corrected chi connectivity index (χ3v) is 4.86. The predicted molar refractivity (Wildman–Crippen MR) is 96.6 cm³/mol. The van der Waals surface area contributed by atoms with Gasteiger partial charge >= 0.3 is 0 Å². The van der Waals surface area contributed by atoms with Gasteiger partial charge in [-0.1, -0.05) is 60.7 Å². The van der Waals surface area contributed by atoms with Crippen molar-refractivity contribution in [3.05, 3.63) is 95.3 Å². The molecule has 0 bridgehead atoms. The van der Waals surface area contributed by atoms with Gasteiger partial charge in [0.15, 0.2) is 0 Å². The molecule has 4 heteroatoms. The van der Waals surface area contributed by atoms with Crippen LogP contribution >= 0.6 is 0 Å². The lowest BCUT2D eigenvalue weighted by molar-refractivity contribution is 0.784. The molecule has 1 aliphatic rings. The molecule has 0 spiro atoms. The fourth-order valence-electron chi connectivity index (χ4n) is 3.78. The van der Waals surface area contributed by atoms with Crippen LogP contribution in [0.2, 0.25) is 0 Å². The maximum Gasteiger partial charge on any atom is 0.143 e. The molecule has 0 aliphatic heterocycles. The topological polar surface area (TPSA) is 43.6 Å². The van der Waals surface area contributed by atoms with Gasteiger partial charge in [0.05, 0.1) is 5.69 Å². The summed E-state index contributed by atoms with van der Waals surface area (Å²) in [6.45, 7) is 0. The van der Waals surface area contributed by atoms with Crippen LogP contribution in [0, 0.1) is 0 Å². The Hall–Kier alpha value is -3.27. The van der Waals surface area contributed by atoms with E-state index in [1.807, 2.05) is 0 Å². The second-order valence-electron chi connectivity index (χ2n) is 6.35. The van der Waals surface area contributed by atoms with Crippen molar-refractivity contribution in [2.75, 3.05) is 0 Å². The van der Waals surface area contributed by atoms with Crippen molar-refractivity contribution in [2.24, 2.45) is 0 Å². The average molecular weight is 324 g/mol. The first kappa shape index (κ1) is 14.1. The Morgan fingerprint density at radius 1 is 0.880 bits per heavy atom. The molecule has 4 aromatic rings. The van der Waals surface area contributed by atoms with E-state index >= 15 is 0 Å². The number of aromatic nitrogens is 4. The standard InChI is InChI=1S/C21H16N4/c1-2-6-15(7-3-1)12-16-8-4-9-17-13-19-18(21(16)17)10-5-11-20(19)25-14-22-23-24-25/h1-11,14H,12-13H2. The molecule has 0 atom stereocenters. The lowest BCUT2D eigenvalue weighted by atomic mass is 9.94. The van der Waals surface area contributed by atoms with Crippen molar-refractivity contribution >= 4 is 0 Å². The minimum Gasteiger partial charge on any atom is -0.200 e. The van der Waals surface area contributed by atoms with Gasteiger partial charge < -0.3 is 0 Å². The smallest absolute Gasteiger partial charge is 0.143 e. The molecule has 0 saturated carbocycles. The Kier molecular flexibility index (Phi) is 3.20. The van der Waals surface area contributed by atoms with E-state index in [0.717, 1.165) is 18.5 Å². The summed E-state index contributed by atoms with van der Waals surface area (Å²) in [5, 5.41) is 11.6. The van der Waals surface area contributed by atoms with Gasteiger partial charge in [0.25, 0.3) is 0 Å². The maximum absolute atomic E-state index is 4.07. The Bertz CT molecular complexity index is 1040. The first-order valence-corrected chi connectivity index (χ1v) is 8.40. The molecular weight excluding hydrogens is 308 g/mol. The number of hydrogen-bond acceptors (Lipinski definition) is 3. The first-order chi connectivity index (χ1) is 12.4. The number of rotatable bonds is 3. The van der Waals surface area contributed by atoms with Crippen LogP contribution in [0.25, 0.3) is 16.8 Å². The van der Waals surface area contributed by atoms with Gasteiger partial charge in [0, 0.05) is 6.42 Å². The molecule has 1 heterocycles. The summed E-state index contributed by atoms with van der Waals surface area (Å²) in [7, 11) is 0. The number of hydrogen-bond donors (Lipinski definition) is 0. The van der Waals surface area contributed by atoms with Crippen LogP contribution < -0.4 is 0 Å². The Morgan fingerprint density at radius 2 is 1.76 bits per heavy atom. The largest absolute Gasteiger partial charge is 0.200 e. The van der Waals surface area contributed by atoms with Crippen molar-refractivity contribution in [1.82, 2.24) is 20.2 Å². The van der Waals surface area contributed by atoms with Crippen LogP contribution in [0.1, 0.15) is 22.3 Å². The van der Waals surface area contributed by atoms with Crippen LogP contribution in [0.5, 0.6) is 0 Å². The molecule has 0 amide bonds. The van der Waals surface area contributed by atoms with E-state index in [0.29, 0.717) is 0 Å². The minimum absolute atomic E-state index is 0.920. The number of tetrazole rings is 1. The Labute approximate surface area is 145 Å². The van der Waals surface area contributed by atoms with Gasteiger partial charge in [-0.3, -0.25) is 0 Å². The molecule has 1 aromatic heterocycles. The van der Waals surface area contributed by atoms with E-state index in [-0.39, 0.29) is 0 Å². The molecular formula is C21H16N4. The molecule has 0 saturated heterocycles. The maximum atomic E-state index is 4.07. The highest BCUT2D eigenvalue weighted by molar-refractivity contribution is 5.82. The Balaban J connectivity index is 1.65. The van der Waals surface area contributed by atoms with Crippen LogP contribution in [-0.4, -0.2) is 20.2 Å².